The molecule has 2 aromatic heterocycles. The molecule has 1 aliphatic rings. The van der Waals surface area contributed by atoms with Crippen molar-refractivity contribution in [3.8, 4) is 11.5 Å². The molecule has 3 heterocycles. The number of benzene rings is 1. The van der Waals surface area contributed by atoms with Crippen molar-refractivity contribution in [1.29, 1.82) is 0 Å². The van der Waals surface area contributed by atoms with Gasteiger partial charge in [-0.1, -0.05) is 17.7 Å². The molecule has 0 radical (unpaired) electrons. The van der Waals surface area contributed by atoms with Gasteiger partial charge in [-0.3, -0.25) is 9.89 Å². The molecule has 3 aromatic rings. The number of nitrogens with zero attached hydrogens (tertiary/aromatic N) is 3. The van der Waals surface area contributed by atoms with Crippen LogP contribution >= 0.6 is 35.3 Å². The summed E-state index contributed by atoms with van der Waals surface area (Å²) in [5.74, 6) is 1.41. The Labute approximate surface area is 205 Å². The summed E-state index contributed by atoms with van der Waals surface area (Å²) in [5, 5.41) is 8.97. The Morgan fingerprint density at radius 1 is 1.26 bits per heavy atom. The van der Waals surface area contributed by atoms with E-state index in [-0.39, 0.29) is 24.0 Å². The van der Waals surface area contributed by atoms with Gasteiger partial charge >= 0.3 is 0 Å². The molecule has 0 spiro atoms. The minimum absolute atomic E-state index is 0. The van der Waals surface area contributed by atoms with Crippen molar-refractivity contribution in [3.63, 3.8) is 0 Å². The van der Waals surface area contributed by atoms with Gasteiger partial charge in [0.05, 0.1) is 12.2 Å². The van der Waals surface area contributed by atoms with Crippen LogP contribution in [0.4, 0.5) is 0 Å². The molecule has 1 aromatic carbocycles. The number of oxazole rings is 1. The van der Waals surface area contributed by atoms with E-state index in [0.29, 0.717) is 18.5 Å². The van der Waals surface area contributed by atoms with E-state index in [2.05, 4.69) is 62.9 Å². The number of halogens is 1. The monoisotopic (exact) mass is 551 g/mol. The molecule has 4 rings (SSSR count). The highest BCUT2D eigenvalue weighted by atomic mass is 127. The number of hydrogen-bond acceptors (Lipinski definition) is 5. The lowest BCUT2D eigenvalue weighted by atomic mass is 10.1. The summed E-state index contributed by atoms with van der Waals surface area (Å²) in [6, 6.07) is 10.9. The molecule has 0 saturated heterocycles. The molecule has 1 unspecified atom stereocenters. The van der Waals surface area contributed by atoms with E-state index in [1.165, 1.54) is 11.1 Å². The maximum atomic E-state index is 5.64. The number of guanidine groups is 1. The molecule has 31 heavy (non-hydrogen) atoms. The Balaban J connectivity index is 0.00000272. The molecule has 6 nitrogen and oxygen atoms in total. The highest BCUT2D eigenvalue weighted by Crippen LogP contribution is 2.25. The van der Waals surface area contributed by atoms with Crippen LogP contribution in [0.1, 0.15) is 28.6 Å². The third-order valence-corrected chi connectivity index (χ3v) is 6.56. The summed E-state index contributed by atoms with van der Waals surface area (Å²) in [7, 11) is 1.79. The fourth-order valence-electron chi connectivity index (χ4n) is 3.63. The first-order chi connectivity index (χ1) is 14.6. The van der Waals surface area contributed by atoms with E-state index in [1.54, 1.807) is 18.2 Å². The van der Waals surface area contributed by atoms with Gasteiger partial charge in [0, 0.05) is 43.2 Å². The maximum Gasteiger partial charge on any atom is 0.226 e. The second-order valence-corrected chi connectivity index (χ2v) is 8.76. The van der Waals surface area contributed by atoms with Crippen molar-refractivity contribution < 1.29 is 4.42 Å². The number of rotatable bonds is 6. The molecule has 0 aliphatic carbocycles. The van der Waals surface area contributed by atoms with Crippen LogP contribution in [0.2, 0.25) is 0 Å². The fourth-order valence-corrected chi connectivity index (χ4v) is 4.52. The molecule has 2 N–H and O–H groups in total. The van der Waals surface area contributed by atoms with E-state index < -0.39 is 0 Å². The van der Waals surface area contributed by atoms with Gasteiger partial charge in [0.1, 0.15) is 6.26 Å². The van der Waals surface area contributed by atoms with Crippen LogP contribution in [0.5, 0.6) is 0 Å². The zero-order valence-electron chi connectivity index (χ0n) is 18.2. The number of aliphatic imine (C=N–C) groups is 1. The fraction of sp³-hybridized carbons (Fsp3) is 0.391. The average Bonchev–Trinajstić information content (AvgIpc) is 3.43. The molecule has 0 saturated carbocycles. The summed E-state index contributed by atoms with van der Waals surface area (Å²) >= 11 is 1.88. The minimum Gasteiger partial charge on any atom is -0.444 e. The minimum atomic E-state index is 0. The summed E-state index contributed by atoms with van der Waals surface area (Å²) in [6.07, 6.45) is 2.85. The first-order valence-corrected chi connectivity index (χ1v) is 11.3. The number of aromatic nitrogens is 1. The Bertz CT molecular complexity index is 998. The molecule has 0 fully saturated rings. The van der Waals surface area contributed by atoms with Gasteiger partial charge in [0.25, 0.3) is 0 Å². The maximum absolute atomic E-state index is 5.64. The largest absolute Gasteiger partial charge is 0.444 e. The topological polar surface area (TPSA) is 65.7 Å². The van der Waals surface area contributed by atoms with Gasteiger partial charge in [-0.15, -0.1) is 35.3 Å². The molecule has 166 valence electrons. The lowest BCUT2D eigenvalue weighted by Crippen LogP contribution is -2.47. The Kier molecular flexibility index (Phi) is 8.50. The smallest absolute Gasteiger partial charge is 0.226 e. The zero-order chi connectivity index (χ0) is 20.9. The van der Waals surface area contributed by atoms with Gasteiger partial charge in [-0.05, 0) is 49.4 Å². The van der Waals surface area contributed by atoms with E-state index in [4.69, 9.17) is 4.42 Å². The number of hydrogen-bond donors (Lipinski definition) is 2. The third kappa shape index (κ3) is 6.08. The molecule has 1 atom stereocenters. The standard InChI is InChI=1S/C23H29N5OS.HI/c1-16-4-6-18(7-5-16)22-27-20(15-29-22)13-26-23(24-3)25-12-17(2)28-10-8-21-19(14-28)9-11-30-21;/h4-7,9,11,15,17H,8,10,12-14H2,1-3H3,(H2,24,25,26);1H. The summed E-state index contributed by atoms with van der Waals surface area (Å²) < 4.78 is 5.64. The number of nitrogens with one attached hydrogen (secondary N) is 2. The Morgan fingerprint density at radius 3 is 2.84 bits per heavy atom. The van der Waals surface area contributed by atoms with Crippen LogP contribution in [-0.4, -0.2) is 42.0 Å². The van der Waals surface area contributed by atoms with Crippen molar-refractivity contribution in [3.05, 3.63) is 63.7 Å². The molecule has 0 bridgehead atoms. The normalized spacial score (nSPS) is 15.1. The van der Waals surface area contributed by atoms with Crippen molar-refractivity contribution in [2.45, 2.75) is 39.4 Å². The second-order valence-electron chi connectivity index (χ2n) is 7.76. The highest BCUT2D eigenvalue weighted by molar-refractivity contribution is 14.0. The predicted octanol–water partition coefficient (Wildman–Crippen LogP) is 4.44. The summed E-state index contributed by atoms with van der Waals surface area (Å²) in [5.41, 5.74) is 4.54. The van der Waals surface area contributed by atoms with E-state index >= 15 is 0 Å². The van der Waals surface area contributed by atoms with Crippen molar-refractivity contribution in [2.24, 2.45) is 4.99 Å². The van der Waals surface area contributed by atoms with Crippen molar-refractivity contribution in [1.82, 2.24) is 20.5 Å². The molecule has 8 heteroatoms. The van der Waals surface area contributed by atoms with Crippen molar-refractivity contribution >= 4 is 41.3 Å². The highest BCUT2D eigenvalue weighted by Gasteiger charge is 2.21. The number of aryl methyl sites for hydroxylation is 1. The van der Waals surface area contributed by atoms with Crippen LogP contribution in [0.15, 0.2) is 51.4 Å². The Morgan fingerprint density at radius 2 is 2.06 bits per heavy atom. The van der Waals surface area contributed by atoms with E-state index in [0.717, 1.165) is 43.3 Å². The van der Waals surface area contributed by atoms with E-state index in [1.807, 2.05) is 23.5 Å². The molecular formula is C23H30IN5OS. The molecule has 0 amide bonds. The second kappa shape index (κ2) is 11.1. The summed E-state index contributed by atoms with van der Waals surface area (Å²) in [6.45, 7) is 7.89. The SMILES string of the molecule is CN=C(NCc1coc(-c2ccc(C)cc2)n1)NCC(C)N1CCc2sccc2C1.I. The molecule has 1 aliphatic heterocycles. The van der Waals surface area contributed by atoms with Crippen LogP contribution in [0.3, 0.4) is 0 Å². The predicted molar refractivity (Wildman–Crippen MR) is 138 cm³/mol. The zero-order valence-corrected chi connectivity index (χ0v) is 21.4. The third-order valence-electron chi connectivity index (χ3n) is 5.54. The lowest BCUT2D eigenvalue weighted by molar-refractivity contribution is 0.192. The van der Waals surface area contributed by atoms with Crippen molar-refractivity contribution in [2.75, 3.05) is 20.1 Å². The number of thiophene rings is 1. The van der Waals surface area contributed by atoms with Gasteiger partial charge < -0.3 is 15.1 Å². The van der Waals surface area contributed by atoms with Crippen LogP contribution in [0.25, 0.3) is 11.5 Å². The average molecular weight is 551 g/mol. The lowest BCUT2D eigenvalue weighted by Gasteiger charge is -2.32. The van der Waals surface area contributed by atoms with Crippen LogP contribution in [-0.2, 0) is 19.5 Å². The quantitative estimate of drug-likeness (QED) is 0.270. The molecular weight excluding hydrogens is 521 g/mol. The van der Waals surface area contributed by atoms with Crippen LogP contribution in [0, 0.1) is 6.92 Å². The summed E-state index contributed by atoms with van der Waals surface area (Å²) in [4.78, 5) is 13.0. The first kappa shape index (κ1) is 23.7. The van der Waals surface area contributed by atoms with Gasteiger partial charge in [0.2, 0.25) is 5.89 Å². The van der Waals surface area contributed by atoms with E-state index in [9.17, 15) is 0 Å². The van der Waals surface area contributed by atoms with Gasteiger partial charge in [-0.2, -0.15) is 0 Å². The first-order valence-electron chi connectivity index (χ1n) is 10.4. The van der Waals surface area contributed by atoms with Gasteiger partial charge in [-0.25, -0.2) is 4.98 Å². The number of fused-ring (bicyclic) bond motifs is 1. The Hall–Kier alpha value is -1.91. The van der Waals surface area contributed by atoms with Gasteiger partial charge in [0.15, 0.2) is 5.96 Å². The van der Waals surface area contributed by atoms with Crippen LogP contribution < -0.4 is 10.6 Å².